The second-order valence-corrected chi connectivity index (χ2v) is 11.2. The van der Waals surface area contributed by atoms with Crippen LogP contribution in [0.4, 0.5) is 5.69 Å². The van der Waals surface area contributed by atoms with Crippen LogP contribution in [0, 0.1) is 10.1 Å². The Kier molecular flexibility index (Phi) is 7.59. The van der Waals surface area contributed by atoms with E-state index in [1.807, 2.05) is 30.5 Å². The van der Waals surface area contributed by atoms with E-state index >= 15 is 0 Å². The molecule has 0 saturated heterocycles. The standard InChI is InChI=1S/C29H25N3O6S2/c1-16(2)37-28(34)25-17(3)30-29-31(26(25)18-9-12-20(39-4)13-10-18)27(33)24(40-29)15-19-11-14-23(38-19)21-7-5-6-8-22(21)32(35)36/h5-16,26H,1-4H3. The number of para-hydroxylation sites is 1. The normalized spacial score (nSPS) is 15.2. The van der Waals surface area contributed by atoms with E-state index < -0.39 is 16.9 Å². The first-order chi connectivity index (χ1) is 19.2. The molecule has 0 radical (unpaired) electrons. The molecule has 11 heteroatoms. The van der Waals surface area contributed by atoms with Gasteiger partial charge in [-0.2, -0.15) is 0 Å². The number of allylic oxidation sites excluding steroid dienone is 1. The number of carbonyl (C=O) groups is 1. The molecule has 1 aliphatic rings. The number of nitro groups is 1. The third-order valence-corrected chi connectivity index (χ3v) is 8.01. The van der Waals surface area contributed by atoms with Crippen molar-refractivity contribution in [3.8, 4) is 11.3 Å². The van der Waals surface area contributed by atoms with Gasteiger partial charge in [0.05, 0.1) is 38.4 Å². The summed E-state index contributed by atoms with van der Waals surface area (Å²) < 4.78 is 13.3. The number of esters is 1. The molecule has 0 spiro atoms. The lowest BCUT2D eigenvalue weighted by Gasteiger charge is -2.25. The van der Waals surface area contributed by atoms with E-state index in [1.165, 1.54) is 22.0 Å². The molecule has 1 unspecified atom stereocenters. The lowest BCUT2D eigenvalue weighted by molar-refractivity contribution is -0.384. The predicted octanol–water partition coefficient (Wildman–Crippen LogP) is 5.08. The van der Waals surface area contributed by atoms with Crippen LogP contribution in [0.1, 0.15) is 38.1 Å². The van der Waals surface area contributed by atoms with Crippen LogP contribution in [0.25, 0.3) is 17.4 Å². The quantitative estimate of drug-likeness (QED) is 0.131. The zero-order valence-electron chi connectivity index (χ0n) is 22.1. The minimum absolute atomic E-state index is 0.0773. The second-order valence-electron chi connectivity index (χ2n) is 9.29. The molecule has 1 aliphatic heterocycles. The van der Waals surface area contributed by atoms with Gasteiger partial charge in [-0.25, -0.2) is 9.79 Å². The highest BCUT2D eigenvalue weighted by Crippen LogP contribution is 2.33. The molecule has 9 nitrogen and oxygen atoms in total. The third-order valence-electron chi connectivity index (χ3n) is 6.28. The summed E-state index contributed by atoms with van der Waals surface area (Å²) in [7, 11) is 0. The summed E-state index contributed by atoms with van der Waals surface area (Å²) in [4.78, 5) is 44.1. The number of rotatable bonds is 7. The van der Waals surface area contributed by atoms with Gasteiger partial charge >= 0.3 is 5.97 Å². The van der Waals surface area contributed by atoms with Crippen LogP contribution in [0.2, 0.25) is 0 Å². The number of benzene rings is 2. The van der Waals surface area contributed by atoms with Gasteiger partial charge in [0.15, 0.2) is 4.80 Å². The first kappa shape index (κ1) is 27.4. The van der Waals surface area contributed by atoms with Crippen LogP contribution in [0.3, 0.4) is 0 Å². The molecule has 0 fully saturated rings. The van der Waals surface area contributed by atoms with Crippen molar-refractivity contribution in [3.63, 3.8) is 0 Å². The number of fused-ring (bicyclic) bond motifs is 1. The van der Waals surface area contributed by atoms with Gasteiger partial charge in [-0.15, -0.1) is 11.8 Å². The Morgan fingerprint density at radius 1 is 1.18 bits per heavy atom. The molecule has 2 aromatic carbocycles. The summed E-state index contributed by atoms with van der Waals surface area (Å²) in [6, 6.07) is 16.6. The molecule has 40 heavy (non-hydrogen) atoms. The van der Waals surface area contributed by atoms with Crippen LogP contribution >= 0.6 is 23.1 Å². The number of ether oxygens (including phenoxy) is 1. The smallest absolute Gasteiger partial charge is 0.338 e. The highest BCUT2D eigenvalue weighted by Gasteiger charge is 2.33. The summed E-state index contributed by atoms with van der Waals surface area (Å²) >= 11 is 2.77. The van der Waals surface area contributed by atoms with Gasteiger partial charge in [-0.05, 0) is 62.9 Å². The van der Waals surface area contributed by atoms with Crippen molar-refractivity contribution in [2.75, 3.05) is 6.26 Å². The number of nitrogens with zero attached hydrogens (tertiary/aromatic N) is 3. The van der Waals surface area contributed by atoms with E-state index in [1.54, 1.807) is 68.9 Å². The molecule has 0 amide bonds. The zero-order chi connectivity index (χ0) is 28.6. The molecule has 2 aromatic heterocycles. The predicted molar refractivity (Wildman–Crippen MR) is 154 cm³/mol. The monoisotopic (exact) mass is 575 g/mol. The third kappa shape index (κ3) is 5.17. The minimum atomic E-state index is -0.723. The van der Waals surface area contributed by atoms with Crippen LogP contribution < -0.4 is 14.9 Å². The van der Waals surface area contributed by atoms with Crippen molar-refractivity contribution in [1.82, 2.24) is 4.57 Å². The molecule has 0 aliphatic carbocycles. The Bertz CT molecular complexity index is 1830. The van der Waals surface area contributed by atoms with Crippen molar-refractivity contribution in [1.29, 1.82) is 0 Å². The van der Waals surface area contributed by atoms with Crippen LogP contribution in [0.15, 0.2) is 91.0 Å². The Morgan fingerprint density at radius 3 is 2.58 bits per heavy atom. The van der Waals surface area contributed by atoms with Gasteiger partial charge in [0, 0.05) is 17.0 Å². The Balaban J connectivity index is 1.63. The van der Waals surface area contributed by atoms with Crippen molar-refractivity contribution in [2.45, 2.75) is 37.8 Å². The molecule has 0 saturated carbocycles. The molecular formula is C29H25N3O6S2. The summed E-state index contributed by atoms with van der Waals surface area (Å²) in [6.07, 6.45) is 3.22. The Labute approximate surface area is 237 Å². The maximum Gasteiger partial charge on any atom is 0.338 e. The largest absolute Gasteiger partial charge is 0.459 e. The van der Waals surface area contributed by atoms with Gasteiger partial charge in [-0.1, -0.05) is 35.6 Å². The SMILES string of the molecule is CSc1ccc(C2C(C(=O)OC(C)C)=C(C)N=c3sc(=Cc4ccc(-c5ccccc5[N+](=O)[O-])o4)c(=O)n32)cc1. The fraction of sp³-hybridized carbons (Fsp3) is 0.207. The van der Waals surface area contributed by atoms with Gasteiger partial charge in [0.1, 0.15) is 11.5 Å². The van der Waals surface area contributed by atoms with E-state index in [0.29, 0.717) is 37.7 Å². The number of nitro benzene ring substituents is 1. The number of thiazole rings is 1. The molecule has 1 atom stereocenters. The first-order valence-electron chi connectivity index (χ1n) is 12.4. The van der Waals surface area contributed by atoms with Crippen LogP contribution in [0.5, 0.6) is 0 Å². The lowest BCUT2D eigenvalue weighted by atomic mass is 9.96. The van der Waals surface area contributed by atoms with E-state index in [4.69, 9.17) is 9.15 Å². The fourth-order valence-corrected chi connectivity index (χ4v) is 5.94. The molecule has 4 aromatic rings. The zero-order valence-corrected chi connectivity index (χ0v) is 23.7. The topological polar surface area (TPSA) is 117 Å². The van der Waals surface area contributed by atoms with Crippen molar-refractivity contribution < 1.29 is 18.9 Å². The fourth-order valence-electron chi connectivity index (χ4n) is 4.51. The van der Waals surface area contributed by atoms with Crippen molar-refractivity contribution in [3.05, 3.63) is 113 Å². The maximum atomic E-state index is 13.8. The number of hydrogen-bond donors (Lipinski definition) is 0. The lowest BCUT2D eigenvalue weighted by Crippen LogP contribution is -2.40. The Hall–Kier alpha value is -4.22. The molecule has 3 heterocycles. The minimum Gasteiger partial charge on any atom is -0.459 e. The van der Waals surface area contributed by atoms with Crippen LogP contribution in [-0.2, 0) is 9.53 Å². The van der Waals surface area contributed by atoms with Gasteiger partial charge in [0.2, 0.25) is 0 Å². The number of hydrogen-bond acceptors (Lipinski definition) is 9. The molecular weight excluding hydrogens is 550 g/mol. The molecule has 0 bridgehead atoms. The second kappa shape index (κ2) is 11.1. The van der Waals surface area contributed by atoms with Crippen molar-refractivity contribution >= 4 is 40.8 Å². The van der Waals surface area contributed by atoms with E-state index in [0.717, 1.165) is 10.5 Å². The van der Waals surface area contributed by atoms with E-state index in [-0.39, 0.29) is 17.4 Å². The highest BCUT2D eigenvalue weighted by atomic mass is 32.2. The number of carbonyl (C=O) groups excluding carboxylic acids is 1. The van der Waals surface area contributed by atoms with Gasteiger partial charge < -0.3 is 9.15 Å². The summed E-state index contributed by atoms with van der Waals surface area (Å²) in [5.74, 6) is 0.145. The molecule has 0 N–H and O–H groups in total. The number of thioether (sulfide) groups is 1. The summed E-state index contributed by atoms with van der Waals surface area (Å²) in [6.45, 7) is 5.28. The van der Waals surface area contributed by atoms with E-state index in [2.05, 4.69) is 4.99 Å². The molecule has 5 rings (SSSR count). The summed E-state index contributed by atoms with van der Waals surface area (Å²) in [5.41, 5.74) is 1.47. The molecule has 204 valence electrons. The number of aromatic nitrogens is 1. The van der Waals surface area contributed by atoms with Gasteiger partial charge in [-0.3, -0.25) is 19.5 Å². The van der Waals surface area contributed by atoms with E-state index in [9.17, 15) is 19.7 Å². The Morgan fingerprint density at radius 2 is 1.90 bits per heavy atom. The average molecular weight is 576 g/mol. The number of furan rings is 1. The highest BCUT2D eigenvalue weighted by molar-refractivity contribution is 7.98. The van der Waals surface area contributed by atoms with Crippen molar-refractivity contribution in [2.24, 2.45) is 4.99 Å². The maximum absolute atomic E-state index is 13.8. The first-order valence-corrected chi connectivity index (χ1v) is 14.4. The average Bonchev–Trinajstić information content (AvgIpc) is 3.51. The van der Waals surface area contributed by atoms with Crippen LogP contribution in [-0.4, -0.2) is 27.8 Å². The summed E-state index contributed by atoms with van der Waals surface area (Å²) in [5, 5.41) is 11.5. The van der Waals surface area contributed by atoms with Gasteiger partial charge in [0.25, 0.3) is 11.2 Å².